The van der Waals surface area contributed by atoms with Gasteiger partial charge in [0, 0.05) is 6.07 Å². The molecular formula is C8H11ClN2O3. The molecule has 1 aliphatic heterocycles. The van der Waals surface area contributed by atoms with E-state index in [9.17, 15) is 4.79 Å². The Morgan fingerprint density at radius 1 is 1.71 bits per heavy atom. The monoisotopic (exact) mass is 218 g/mol. The predicted molar refractivity (Wildman–Crippen MR) is 50.7 cm³/mol. The zero-order chi connectivity index (χ0) is 9.26. The van der Waals surface area contributed by atoms with E-state index in [1.165, 1.54) is 6.07 Å². The molecule has 2 N–H and O–H groups in total. The van der Waals surface area contributed by atoms with Gasteiger partial charge in [0.05, 0.1) is 6.04 Å². The maximum absolute atomic E-state index is 10.5. The van der Waals surface area contributed by atoms with E-state index in [0.29, 0.717) is 5.69 Å². The number of halogens is 1. The second-order valence-corrected chi connectivity index (χ2v) is 3.07. The summed E-state index contributed by atoms with van der Waals surface area (Å²) in [6, 6.07) is 1.64. The van der Waals surface area contributed by atoms with E-state index in [-0.39, 0.29) is 24.2 Å². The van der Waals surface area contributed by atoms with Gasteiger partial charge in [-0.25, -0.2) is 4.79 Å². The molecule has 78 valence electrons. The fourth-order valence-electron chi connectivity index (χ4n) is 1.49. The summed E-state index contributed by atoms with van der Waals surface area (Å²) in [6.07, 6.45) is 2.09. The van der Waals surface area contributed by atoms with Gasteiger partial charge < -0.3 is 14.9 Å². The van der Waals surface area contributed by atoms with Crippen molar-refractivity contribution in [2.75, 3.05) is 6.54 Å². The van der Waals surface area contributed by atoms with Crippen molar-refractivity contribution < 1.29 is 14.4 Å². The van der Waals surface area contributed by atoms with Crippen molar-refractivity contribution in [3.63, 3.8) is 0 Å². The van der Waals surface area contributed by atoms with Crippen molar-refractivity contribution in [3.05, 3.63) is 17.5 Å². The third-order valence-electron chi connectivity index (χ3n) is 2.16. The molecule has 0 saturated carbocycles. The Morgan fingerprint density at radius 2 is 2.50 bits per heavy atom. The number of carboxylic acids is 1. The zero-order valence-corrected chi connectivity index (χ0v) is 8.21. The highest BCUT2D eigenvalue weighted by atomic mass is 35.5. The molecule has 1 atom stereocenters. The summed E-state index contributed by atoms with van der Waals surface area (Å²) in [6.45, 7) is 0.958. The lowest BCUT2D eigenvalue weighted by Gasteiger charge is -2.02. The lowest BCUT2D eigenvalue weighted by molar-refractivity contribution is 0.0652. The van der Waals surface area contributed by atoms with Crippen molar-refractivity contribution in [1.82, 2.24) is 10.5 Å². The van der Waals surface area contributed by atoms with E-state index in [4.69, 9.17) is 5.11 Å². The number of rotatable bonds is 2. The summed E-state index contributed by atoms with van der Waals surface area (Å²) >= 11 is 0. The molecule has 1 aromatic heterocycles. The largest absolute Gasteiger partial charge is 0.475 e. The average Bonchev–Trinajstić information content (AvgIpc) is 2.75. The Hall–Kier alpha value is -1.07. The van der Waals surface area contributed by atoms with Gasteiger partial charge in [-0.3, -0.25) is 0 Å². The van der Waals surface area contributed by atoms with Crippen LogP contribution in [0.2, 0.25) is 0 Å². The number of aromatic carboxylic acids is 1. The van der Waals surface area contributed by atoms with Crippen molar-refractivity contribution >= 4 is 18.4 Å². The Bertz CT molecular complexity index is 320. The first kappa shape index (κ1) is 11.0. The van der Waals surface area contributed by atoms with E-state index < -0.39 is 5.97 Å². The van der Waals surface area contributed by atoms with Gasteiger partial charge in [0.2, 0.25) is 5.76 Å². The number of aromatic nitrogens is 1. The third-order valence-corrected chi connectivity index (χ3v) is 2.16. The van der Waals surface area contributed by atoms with Crippen LogP contribution in [0.4, 0.5) is 0 Å². The predicted octanol–water partition coefficient (Wildman–Crippen LogP) is 1.22. The highest BCUT2D eigenvalue weighted by Crippen LogP contribution is 2.22. The van der Waals surface area contributed by atoms with Crippen LogP contribution in [0.5, 0.6) is 0 Å². The lowest BCUT2D eigenvalue weighted by atomic mass is 10.1. The van der Waals surface area contributed by atoms with Crippen molar-refractivity contribution in [3.8, 4) is 0 Å². The molecule has 0 amide bonds. The summed E-state index contributed by atoms with van der Waals surface area (Å²) in [5, 5.41) is 15.5. The third kappa shape index (κ3) is 2.05. The fourth-order valence-corrected chi connectivity index (χ4v) is 1.49. The smallest absolute Gasteiger partial charge is 0.374 e. The Labute approximate surface area is 86.9 Å². The van der Waals surface area contributed by atoms with Gasteiger partial charge in [0.25, 0.3) is 0 Å². The molecule has 14 heavy (non-hydrogen) atoms. The summed E-state index contributed by atoms with van der Waals surface area (Å²) in [5.74, 6) is -1.17. The van der Waals surface area contributed by atoms with Gasteiger partial charge in [-0.15, -0.1) is 12.4 Å². The molecule has 5 nitrogen and oxygen atoms in total. The van der Waals surface area contributed by atoms with Gasteiger partial charge in [-0.05, 0) is 19.4 Å². The van der Waals surface area contributed by atoms with Crippen molar-refractivity contribution in [1.29, 1.82) is 0 Å². The van der Waals surface area contributed by atoms with Gasteiger partial charge in [-0.1, -0.05) is 5.16 Å². The van der Waals surface area contributed by atoms with E-state index in [0.717, 1.165) is 19.4 Å². The number of nitrogens with zero attached hydrogens (tertiary/aromatic N) is 1. The molecule has 0 spiro atoms. The first-order valence-corrected chi connectivity index (χ1v) is 4.20. The standard InChI is InChI=1S/C8H10N2O3.ClH/c11-8(12)7-4-6(10-13-7)5-2-1-3-9-5;/h4-5,9H,1-3H2,(H,11,12);1H/t5-;/m0./s1. The molecule has 1 saturated heterocycles. The maximum atomic E-state index is 10.5. The van der Waals surface area contributed by atoms with Crippen LogP contribution in [-0.4, -0.2) is 22.8 Å². The minimum absolute atomic E-state index is 0. The first-order chi connectivity index (χ1) is 6.27. The van der Waals surface area contributed by atoms with E-state index in [2.05, 4.69) is 15.0 Å². The minimum Gasteiger partial charge on any atom is -0.475 e. The fraction of sp³-hybridized carbons (Fsp3) is 0.500. The van der Waals surface area contributed by atoms with E-state index >= 15 is 0 Å². The highest BCUT2D eigenvalue weighted by Gasteiger charge is 2.21. The number of hydrogen-bond donors (Lipinski definition) is 2. The molecule has 1 aliphatic rings. The molecular weight excluding hydrogens is 208 g/mol. The lowest BCUT2D eigenvalue weighted by Crippen LogP contribution is -2.12. The Morgan fingerprint density at radius 3 is 3.00 bits per heavy atom. The highest BCUT2D eigenvalue weighted by molar-refractivity contribution is 5.85. The van der Waals surface area contributed by atoms with E-state index in [1.54, 1.807) is 0 Å². The topological polar surface area (TPSA) is 75.4 Å². The summed E-state index contributed by atoms with van der Waals surface area (Å²) in [5.41, 5.74) is 0.690. The molecule has 2 heterocycles. The van der Waals surface area contributed by atoms with Crippen LogP contribution in [0.25, 0.3) is 0 Å². The van der Waals surface area contributed by atoms with Gasteiger partial charge >= 0.3 is 5.97 Å². The second kappa shape index (κ2) is 4.43. The van der Waals surface area contributed by atoms with Gasteiger partial charge in [0.1, 0.15) is 5.69 Å². The maximum Gasteiger partial charge on any atom is 0.374 e. The molecule has 6 heteroatoms. The molecule has 1 aromatic rings. The van der Waals surface area contributed by atoms with Crippen LogP contribution in [0.3, 0.4) is 0 Å². The quantitative estimate of drug-likeness (QED) is 0.781. The minimum atomic E-state index is -1.07. The van der Waals surface area contributed by atoms with Gasteiger partial charge in [0.15, 0.2) is 0 Å². The Kier molecular flexibility index (Phi) is 3.49. The van der Waals surface area contributed by atoms with Gasteiger partial charge in [-0.2, -0.15) is 0 Å². The first-order valence-electron chi connectivity index (χ1n) is 4.20. The van der Waals surface area contributed by atoms with Crippen molar-refractivity contribution in [2.45, 2.75) is 18.9 Å². The Balaban J connectivity index is 0.000000980. The van der Waals surface area contributed by atoms with Crippen LogP contribution in [0, 0.1) is 0 Å². The average molecular weight is 219 g/mol. The molecule has 1 fully saturated rings. The summed E-state index contributed by atoms with van der Waals surface area (Å²) in [7, 11) is 0. The summed E-state index contributed by atoms with van der Waals surface area (Å²) in [4.78, 5) is 10.5. The second-order valence-electron chi connectivity index (χ2n) is 3.07. The van der Waals surface area contributed by atoms with Crippen LogP contribution in [0.15, 0.2) is 10.6 Å². The number of carboxylic acid groups (broad SMARTS) is 1. The molecule has 0 radical (unpaired) electrons. The number of hydrogen-bond acceptors (Lipinski definition) is 4. The number of carbonyl (C=O) groups is 1. The molecule has 0 aliphatic carbocycles. The molecule has 0 unspecified atom stereocenters. The SMILES string of the molecule is Cl.O=C(O)c1cc([C@@H]2CCCN2)no1. The van der Waals surface area contributed by atoms with Crippen LogP contribution in [0.1, 0.15) is 35.1 Å². The molecule has 0 aromatic carbocycles. The van der Waals surface area contributed by atoms with Crippen LogP contribution >= 0.6 is 12.4 Å². The number of nitrogens with one attached hydrogen (secondary N) is 1. The van der Waals surface area contributed by atoms with E-state index in [1.807, 2.05) is 0 Å². The molecule has 0 bridgehead atoms. The van der Waals surface area contributed by atoms with Crippen molar-refractivity contribution in [2.24, 2.45) is 0 Å². The van der Waals surface area contributed by atoms with Crippen LogP contribution < -0.4 is 5.32 Å². The molecule has 2 rings (SSSR count). The normalized spacial score (nSPS) is 20.4. The zero-order valence-electron chi connectivity index (χ0n) is 7.40. The van der Waals surface area contributed by atoms with Crippen LogP contribution in [-0.2, 0) is 0 Å². The summed E-state index contributed by atoms with van der Waals surface area (Å²) < 4.78 is 4.65.